The lowest BCUT2D eigenvalue weighted by Crippen LogP contribution is -2.49. The van der Waals surface area contributed by atoms with Gasteiger partial charge in [-0.25, -0.2) is 4.39 Å². The Morgan fingerprint density at radius 2 is 2.00 bits per heavy atom. The van der Waals surface area contributed by atoms with Gasteiger partial charge in [-0.3, -0.25) is 4.79 Å². The summed E-state index contributed by atoms with van der Waals surface area (Å²) in [5, 5.41) is 3.24. The smallest absolute Gasteiger partial charge is 0.233 e. The zero-order valence-electron chi connectivity index (χ0n) is 10.3. The monoisotopic (exact) mass is 248 g/mol. The average molecular weight is 248 g/mol. The van der Waals surface area contributed by atoms with Crippen LogP contribution in [-0.4, -0.2) is 37.0 Å². The number of carbonyl (C=O) groups is 1. The second-order valence-electron chi connectivity index (χ2n) is 5.13. The van der Waals surface area contributed by atoms with E-state index < -0.39 is 5.41 Å². The first-order valence-corrected chi connectivity index (χ1v) is 6.48. The van der Waals surface area contributed by atoms with E-state index in [1.807, 2.05) is 11.0 Å². The molecule has 96 valence electrons. The van der Waals surface area contributed by atoms with E-state index in [-0.39, 0.29) is 11.7 Å². The highest BCUT2D eigenvalue weighted by atomic mass is 19.1. The Hall–Kier alpha value is -1.42. The van der Waals surface area contributed by atoms with Crippen molar-refractivity contribution in [2.24, 2.45) is 0 Å². The van der Waals surface area contributed by atoms with Crippen LogP contribution in [-0.2, 0) is 10.2 Å². The number of rotatable bonds is 2. The Kier molecular flexibility index (Phi) is 2.82. The zero-order valence-corrected chi connectivity index (χ0v) is 10.3. The van der Waals surface area contributed by atoms with Crippen LogP contribution in [0, 0.1) is 5.82 Å². The summed E-state index contributed by atoms with van der Waals surface area (Å²) in [5.41, 5.74) is 0.408. The van der Waals surface area contributed by atoms with Crippen LogP contribution in [0.5, 0.6) is 0 Å². The molecule has 3 nitrogen and oxygen atoms in total. The van der Waals surface area contributed by atoms with E-state index in [2.05, 4.69) is 5.32 Å². The summed E-state index contributed by atoms with van der Waals surface area (Å²) in [7, 11) is 0. The zero-order chi connectivity index (χ0) is 12.6. The second-order valence-corrected chi connectivity index (χ2v) is 5.13. The third kappa shape index (κ3) is 1.90. The summed E-state index contributed by atoms with van der Waals surface area (Å²) in [6, 6.07) is 6.49. The van der Waals surface area contributed by atoms with Crippen LogP contribution >= 0.6 is 0 Å². The number of halogens is 1. The maximum Gasteiger partial charge on any atom is 0.233 e. The molecule has 3 rings (SSSR count). The van der Waals surface area contributed by atoms with Crippen LogP contribution in [0.15, 0.2) is 24.3 Å². The molecular formula is C14H17FN2O. The Labute approximate surface area is 106 Å². The molecule has 2 fully saturated rings. The van der Waals surface area contributed by atoms with Gasteiger partial charge in [-0.05, 0) is 30.5 Å². The van der Waals surface area contributed by atoms with Crippen LogP contribution in [0.1, 0.15) is 18.4 Å². The van der Waals surface area contributed by atoms with Crippen molar-refractivity contribution in [3.05, 3.63) is 35.6 Å². The van der Waals surface area contributed by atoms with Crippen molar-refractivity contribution < 1.29 is 9.18 Å². The van der Waals surface area contributed by atoms with Gasteiger partial charge >= 0.3 is 0 Å². The van der Waals surface area contributed by atoms with Crippen molar-refractivity contribution in [2.75, 3.05) is 26.2 Å². The van der Waals surface area contributed by atoms with E-state index in [9.17, 15) is 9.18 Å². The Morgan fingerprint density at radius 3 is 2.61 bits per heavy atom. The molecule has 2 aliphatic rings. The van der Waals surface area contributed by atoms with E-state index in [4.69, 9.17) is 0 Å². The van der Waals surface area contributed by atoms with Crippen molar-refractivity contribution in [3.63, 3.8) is 0 Å². The van der Waals surface area contributed by atoms with Gasteiger partial charge in [0.25, 0.3) is 0 Å². The molecule has 0 spiro atoms. The number of nitrogens with one attached hydrogen (secondary N) is 1. The van der Waals surface area contributed by atoms with Gasteiger partial charge in [0.2, 0.25) is 5.91 Å². The van der Waals surface area contributed by atoms with Gasteiger partial charge in [0.05, 0.1) is 5.41 Å². The fraction of sp³-hybridized carbons (Fsp3) is 0.500. The number of carbonyl (C=O) groups excluding carboxylic acids is 1. The fourth-order valence-corrected chi connectivity index (χ4v) is 2.71. The number of benzene rings is 1. The van der Waals surface area contributed by atoms with Gasteiger partial charge in [0.1, 0.15) is 5.82 Å². The summed E-state index contributed by atoms with van der Waals surface area (Å²) in [6.45, 7) is 3.22. The number of hydrogen-bond donors (Lipinski definition) is 1. The predicted octanol–water partition coefficient (Wildman–Crippen LogP) is 1.29. The van der Waals surface area contributed by atoms with Gasteiger partial charge in [0, 0.05) is 26.2 Å². The molecule has 1 heterocycles. The highest BCUT2D eigenvalue weighted by Crippen LogP contribution is 2.49. The lowest BCUT2D eigenvalue weighted by atomic mass is 9.94. The second kappa shape index (κ2) is 4.35. The summed E-state index contributed by atoms with van der Waals surface area (Å²) in [5.74, 6) is -0.0820. The third-order valence-corrected chi connectivity index (χ3v) is 3.94. The van der Waals surface area contributed by atoms with Gasteiger partial charge in [-0.1, -0.05) is 12.1 Å². The van der Waals surface area contributed by atoms with Crippen molar-refractivity contribution in [1.29, 1.82) is 0 Å². The lowest BCUT2D eigenvalue weighted by molar-refractivity contribution is -0.134. The maximum atomic E-state index is 13.3. The lowest BCUT2D eigenvalue weighted by Gasteiger charge is -2.31. The normalized spacial score (nSPS) is 21.7. The quantitative estimate of drug-likeness (QED) is 0.855. The van der Waals surface area contributed by atoms with Gasteiger partial charge in [0.15, 0.2) is 0 Å². The fourth-order valence-electron chi connectivity index (χ4n) is 2.71. The molecule has 1 saturated carbocycles. The first kappa shape index (κ1) is 11.7. The minimum absolute atomic E-state index is 0.176. The molecule has 1 amide bonds. The molecule has 0 bridgehead atoms. The van der Waals surface area contributed by atoms with Gasteiger partial charge in [-0.2, -0.15) is 0 Å². The molecule has 1 aromatic carbocycles. The Bertz CT molecular complexity index is 465. The molecule has 1 N–H and O–H groups in total. The first-order valence-electron chi connectivity index (χ1n) is 6.48. The van der Waals surface area contributed by atoms with Crippen LogP contribution in [0.4, 0.5) is 4.39 Å². The molecule has 0 aromatic heterocycles. The topological polar surface area (TPSA) is 32.3 Å². The van der Waals surface area contributed by atoms with E-state index >= 15 is 0 Å². The van der Waals surface area contributed by atoms with Gasteiger partial charge < -0.3 is 10.2 Å². The first-order chi connectivity index (χ1) is 8.72. The number of amides is 1. The molecular weight excluding hydrogens is 231 g/mol. The number of nitrogens with zero attached hydrogens (tertiary/aromatic N) is 1. The molecule has 0 atom stereocenters. The summed E-state index contributed by atoms with van der Waals surface area (Å²) in [4.78, 5) is 14.5. The standard InChI is InChI=1S/C14H17FN2O/c15-12-3-1-2-11(10-12)14(4-5-14)13(18)17-8-6-16-7-9-17/h1-3,10,16H,4-9H2. The summed E-state index contributed by atoms with van der Waals surface area (Å²) >= 11 is 0. The molecule has 0 radical (unpaired) electrons. The minimum atomic E-state index is -0.431. The SMILES string of the molecule is O=C(N1CCNCC1)C1(c2cccc(F)c2)CC1. The van der Waals surface area contributed by atoms with Crippen LogP contribution in [0.2, 0.25) is 0 Å². The highest BCUT2D eigenvalue weighted by molar-refractivity contribution is 5.91. The largest absolute Gasteiger partial charge is 0.339 e. The molecule has 18 heavy (non-hydrogen) atoms. The van der Waals surface area contributed by atoms with E-state index in [0.717, 1.165) is 44.6 Å². The molecule has 1 aromatic rings. The van der Waals surface area contributed by atoms with E-state index in [1.165, 1.54) is 12.1 Å². The Balaban J connectivity index is 1.84. The molecule has 4 heteroatoms. The average Bonchev–Trinajstić information content (AvgIpc) is 3.20. The van der Waals surface area contributed by atoms with E-state index in [0.29, 0.717) is 0 Å². The molecule has 1 aliphatic heterocycles. The van der Waals surface area contributed by atoms with Crippen molar-refractivity contribution >= 4 is 5.91 Å². The number of piperazine rings is 1. The summed E-state index contributed by atoms with van der Waals surface area (Å²) < 4.78 is 13.3. The van der Waals surface area contributed by atoms with Crippen molar-refractivity contribution in [3.8, 4) is 0 Å². The van der Waals surface area contributed by atoms with Crippen molar-refractivity contribution in [1.82, 2.24) is 10.2 Å². The van der Waals surface area contributed by atoms with E-state index in [1.54, 1.807) is 6.07 Å². The predicted molar refractivity (Wildman–Crippen MR) is 66.8 cm³/mol. The minimum Gasteiger partial charge on any atom is -0.339 e. The van der Waals surface area contributed by atoms with Crippen LogP contribution in [0.3, 0.4) is 0 Å². The molecule has 1 saturated heterocycles. The van der Waals surface area contributed by atoms with Gasteiger partial charge in [-0.15, -0.1) is 0 Å². The summed E-state index contributed by atoms with van der Waals surface area (Å²) in [6.07, 6.45) is 1.69. The number of hydrogen-bond acceptors (Lipinski definition) is 2. The Morgan fingerprint density at radius 1 is 1.28 bits per heavy atom. The van der Waals surface area contributed by atoms with Crippen LogP contribution < -0.4 is 5.32 Å². The molecule has 0 unspecified atom stereocenters. The third-order valence-electron chi connectivity index (χ3n) is 3.94. The molecule has 1 aliphatic carbocycles. The van der Waals surface area contributed by atoms with Crippen LogP contribution in [0.25, 0.3) is 0 Å². The maximum absolute atomic E-state index is 13.3. The van der Waals surface area contributed by atoms with Crippen molar-refractivity contribution in [2.45, 2.75) is 18.3 Å². The highest BCUT2D eigenvalue weighted by Gasteiger charge is 2.53.